The fourth-order valence-electron chi connectivity index (χ4n) is 1.63. The lowest BCUT2D eigenvalue weighted by molar-refractivity contribution is 0.517. The predicted molar refractivity (Wildman–Crippen MR) is 75.3 cm³/mol. The summed E-state index contributed by atoms with van der Waals surface area (Å²) in [6, 6.07) is 7.23. The van der Waals surface area contributed by atoms with E-state index in [-0.39, 0.29) is 16.4 Å². The van der Waals surface area contributed by atoms with Gasteiger partial charge in [-0.2, -0.15) is 0 Å². The van der Waals surface area contributed by atoms with Crippen molar-refractivity contribution < 1.29 is 0 Å². The fourth-order valence-corrected chi connectivity index (χ4v) is 2.70. The monoisotopic (exact) mass is 313 g/mol. The van der Waals surface area contributed by atoms with Gasteiger partial charge in [0.2, 0.25) is 0 Å². The summed E-state index contributed by atoms with van der Waals surface area (Å²) in [6.07, 6.45) is 0. The summed E-state index contributed by atoms with van der Waals surface area (Å²) in [6.45, 7) is 2.46. The molecule has 1 unspecified atom stereocenters. The third kappa shape index (κ3) is 2.50. The van der Waals surface area contributed by atoms with E-state index in [0.29, 0.717) is 11.9 Å². The van der Waals surface area contributed by atoms with Crippen LogP contribution in [-0.4, -0.2) is 9.90 Å². The topological polar surface area (TPSA) is 39.1 Å². The first-order valence-electron chi connectivity index (χ1n) is 5.32. The summed E-state index contributed by atoms with van der Waals surface area (Å²) in [5, 5.41) is 1.40. The van der Waals surface area contributed by atoms with Crippen molar-refractivity contribution in [3.63, 3.8) is 0 Å². The zero-order valence-electron chi connectivity index (χ0n) is 9.35. The summed E-state index contributed by atoms with van der Waals surface area (Å²) in [5.74, 6) is 0.258. The highest BCUT2D eigenvalue weighted by Crippen LogP contribution is 2.11. The van der Waals surface area contributed by atoms with Gasteiger partial charge in [0.05, 0.1) is 5.39 Å². The molecule has 5 heteroatoms. The van der Waals surface area contributed by atoms with E-state index in [2.05, 4.69) is 15.9 Å². The molecule has 1 heterocycles. The molecule has 2 rings (SSSR count). The maximum atomic E-state index is 12.2. The van der Waals surface area contributed by atoms with Crippen LogP contribution in [0.2, 0.25) is 0 Å². The van der Waals surface area contributed by atoms with Crippen LogP contribution in [0.5, 0.6) is 0 Å². The quantitative estimate of drug-likeness (QED) is 0.816. The number of halogens is 1. The lowest BCUT2D eigenvalue weighted by atomic mass is 10.2. The van der Waals surface area contributed by atoms with E-state index < -0.39 is 0 Å². The number of rotatable bonds is 3. The van der Waals surface area contributed by atoms with Crippen LogP contribution in [0, 0.1) is 5.92 Å². The molecule has 0 N–H and O–H groups in total. The standard InChI is InChI=1S/C12H12BrNO2S/c1-8(6-13)7-14-11(15)9-4-2-3-5-10(9)17-12(14)16/h2-5,8H,6-7H2,1H3. The number of nitrogens with zero attached hydrogens (tertiary/aromatic N) is 1. The largest absolute Gasteiger partial charge is 0.310 e. The first-order valence-corrected chi connectivity index (χ1v) is 7.26. The highest BCUT2D eigenvalue weighted by Gasteiger charge is 2.10. The van der Waals surface area contributed by atoms with Crippen LogP contribution in [0.15, 0.2) is 33.9 Å². The van der Waals surface area contributed by atoms with Crippen molar-refractivity contribution in [2.45, 2.75) is 13.5 Å². The second-order valence-electron chi connectivity index (χ2n) is 4.04. The second kappa shape index (κ2) is 5.14. The third-order valence-electron chi connectivity index (χ3n) is 2.54. The van der Waals surface area contributed by atoms with Gasteiger partial charge in [-0.3, -0.25) is 14.2 Å². The summed E-state index contributed by atoms with van der Waals surface area (Å²) < 4.78 is 2.09. The summed E-state index contributed by atoms with van der Waals surface area (Å²) in [4.78, 5) is 23.8. The van der Waals surface area contributed by atoms with E-state index in [1.807, 2.05) is 19.1 Å². The number of aromatic nitrogens is 1. The number of benzene rings is 1. The van der Waals surface area contributed by atoms with Gasteiger partial charge in [0.1, 0.15) is 0 Å². The molecular formula is C12H12BrNO2S. The second-order valence-corrected chi connectivity index (χ2v) is 5.68. The Labute approximate surface area is 111 Å². The van der Waals surface area contributed by atoms with Crippen molar-refractivity contribution in [1.29, 1.82) is 0 Å². The van der Waals surface area contributed by atoms with Crippen LogP contribution >= 0.6 is 27.3 Å². The van der Waals surface area contributed by atoms with Gasteiger partial charge in [-0.1, -0.05) is 46.3 Å². The van der Waals surface area contributed by atoms with Gasteiger partial charge >= 0.3 is 4.87 Å². The molecule has 0 saturated carbocycles. The van der Waals surface area contributed by atoms with Crippen molar-refractivity contribution in [2.24, 2.45) is 5.92 Å². The van der Waals surface area contributed by atoms with Gasteiger partial charge in [0, 0.05) is 16.6 Å². The van der Waals surface area contributed by atoms with Gasteiger partial charge in [-0.25, -0.2) is 0 Å². The van der Waals surface area contributed by atoms with Crippen molar-refractivity contribution in [3.05, 3.63) is 44.3 Å². The molecule has 0 aliphatic rings. The van der Waals surface area contributed by atoms with Crippen molar-refractivity contribution in [2.75, 3.05) is 5.33 Å². The molecule has 90 valence electrons. The average Bonchev–Trinajstić information content (AvgIpc) is 2.34. The molecule has 0 radical (unpaired) electrons. The highest BCUT2D eigenvalue weighted by atomic mass is 79.9. The smallest absolute Gasteiger partial charge is 0.269 e. The molecule has 0 bridgehead atoms. The number of fused-ring (bicyclic) bond motifs is 1. The van der Waals surface area contributed by atoms with Crippen LogP contribution in [0.4, 0.5) is 0 Å². The number of hydrogen-bond donors (Lipinski definition) is 0. The molecular weight excluding hydrogens is 302 g/mol. The van der Waals surface area contributed by atoms with Gasteiger partial charge in [-0.15, -0.1) is 0 Å². The minimum Gasteiger partial charge on any atom is -0.269 e. The Morgan fingerprint density at radius 3 is 2.76 bits per heavy atom. The molecule has 0 aliphatic carbocycles. The Kier molecular flexibility index (Phi) is 3.79. The molecule has 1 atom stereocenters. The Morgan fingerprint density at radius 1 is 1.35 bits per heavy atom. The molecule has 0 saturated heterocycles. The third-order valence-corrected chi connectivity index (χ3v) is 4.61. The number of alkyl halides is 1. The van der Waals surface area contributed by atoms with Crippen LogP contribution in [0.25, 0.3) is 10.1 Å². The number of hydrogen-bond acceptors (Lipinski definition) is 3. The summed E-state index contributed by atoms with van der Waals surface area (Å²) in [7, 11) is 0. The van der Waals surface area contributed by atoms with Crippen molar-refractivity contribution in [1.82, 2.24) is 4.57 Å². The van der Waals surface area contributed by atoms with Crippen LogP contribution in [-0.2, 0) is 6.54 Å². The molecule has 0 aliphatic heterocycles. The van der Waals surface area contributed by atoms with E-state index in [0.717, 1.165) is 21.4 Å². The maximum Gasteiger partial charge on any atom is 0.310 e. The highest BCUT2D eigenvalue weighted by molar-refractivity contribution is 9.09. The summed E-state index contributed by atoms with van der Waals surface area (Å²) >= 11 is 4.48. The molecule has 2 aromatic rings. The van der Waals surface area contributed by atoms with Gasteiger partial charge in [0.15, 0.2) is 0 Å². The van der Waals surface area contributed by atoms with Crippen LogP contribution in [0.1, 0.15) is 6.92 Å². The lowest BCUT2D eigenvalue weighted by Crippen LogP contribution is -2.33. The first-order chi connectivity index (χ1) is 8.13. The molecule has 0 amide bonds. The normalized spacial score (nSPS) is 12.8. The zero-order valence-corrected chi connectivity index (χ0v) is 11.8. The Balaban J connectivity index is 2.64. The lowest BCUT2D eigenvalue weighted by Gasteiger charge is -2.09. The maximum absolute atomic E-state index is 12.2. The molecule has 17 heavy (non-hydrogen) atoms. The molecule has 0 spiro atoms. The Morgan fingerprint density at radius 2 is 2.06 bits per heavy atom. The van der Waals surface area contributed by atoms with E-state index >= 15 is 0 Å². The van der Waals surface area contributed by atoms with Crippen LogP contribution in [0.3, 0.4) is 0 Å². The van der Waals surface area contributed by atoms with E-state index in [1.165, 1.54) is 4.57 Å². The minimum absolute atomic E-state index is 0.179. The molecule has 0 fully saturated rings. The SMILES string of the molecule is CC(CBr)Cn1c(=O)sc2ccccc2c1=O. The van der Waals surface area contributed by atoms with E-state index in [1.54, 1.807) is 12.1 Å². The Bertz CT molecular complexity index is 647. The fraction of sp³-hybridized carbons (Fsp3) is 0.333. The Hall–Kier alpha value is -0.940. The van der Waals surface area contributed by atoms with Crippen molar-refractivity contribution >= 4 is 37.4 Å². The molecule has 1 aromatic carbocycles. The minimum atomic E-state index is -0.183. The van der Waals surface area contributed by atoms with Gasteiger partial charge in [-0.05, 0) is 18.1 Å². The van der Waals surface area contributed by atoms with Crippen molar-refractivity contribution in [3.8, 4) is 0 Å². The van der Waals surface area contributed by atoms with Gasteiger partial charge < -0.3 is 0 Å². The molecule has 3 nitrogen and oxygen atoms in total. The average molecular weight is 314 g/mol. The van der Waals surface area contributed by atoms with E-state index in [9.17, 15) is 9.59 Å². The predicted octanol–water partition coefficient (Wildman–Crippen LogP) is 2.45. The summed E-state index contributed by atoms with van der Waals surface area (Å²) in [5.41, 5.74) is -0.183. The zero-order chi connectivity index (χ0) is 12.4. The van der Waals surface area contributed by atoms with Crippen LogP contribution < -0.4 is 10.4 Å². The van der Waals surface area contributed by atoms with Gasteiger partial charge in [0.25, 0.3) is 5.56 Å². The molecule has 1 aromatic heterocycles. The first kappa shape index (κ1) is 12.5. The van der Waals surface area contributed by atoms with E-state index in [4.69, 9.17) is 0 Å².